The molecule has 1 aliphatic heterocycles. The highest BCUT2D eigenvalue weighted by Gasteiger charge is 2.53. The number of ether oxygens (including phenoxy) is 1. The first kappa shape index (κ1) is 22.1. The van der Waals surface area contributed by atoms with Crippen LogP contribution in [0.3, 0.4) is 0 Å². The van der Waals surface area contributed by atoms with Crippen molar-refractivity contribution in [2.24, 2.45) is 23.7 Å². The summed E-state index contributed by atoms with van der Waals surface area (Å²) in [6.45, 7) is 11.4. The highest BCUT2D eigenvalue weighted by atomic mass is 16.5. The Hall–Kier alpha value is -1.72. The summed E-state index contributed by atoms with van der Waals surface area (Å²) in [7, 11) is 0. The third-order valence-electron chi connectivity index (χ3n) is 9.17. The third-order valence-corrected chi connectivity index (χ3v) is 9.17. The van der Waals surface area contributed by atoms with Gasteiger partial charge in [0, 0.05) is 51.3 Å². The molecule has 5 heteroatoms. The zero-order chi connectivity index (χ0) is 22.6. The second kappa shape index (κ2) is 8.25. The topological polar surface area (TPSA) is 62.7 Å². The lowest BCUT2D eigenvalue weighted by Crippen LogP contribution is -2.56. The Morgan fingerprint density at radius 3 is 2.81 bits per heavy atom. The number of carbonyl (C=O) groups is 1. The van der Waals surface area contributed by atoms with Gasteiger partial charge in [-0.15, -0.1) is 0 Å². The van der Waals surface area contributed by atoms with Crippen LogP contribution < -0.4 is 0 Å². The quantitative estimate of drug-likeness (QED) is 0.562. The maximum Gasteiger partial charge on any atom is 0.303 e. The summed E-state index contributed by atoms with van der Waals surface area (Å²) < 4.78 is 5.56. The highest BCUT2D eigenvalue weighted by molar-refractivity contribution is 5.66. The fourth-order valence-electron chi connectivity index (χ4n) is 7.46. The van der Waals surface area contributed by atoms with E-state index >= 15 is 0 Å². The van der Waals surface area contributed by atoms with E-state index in [0.29, 0.717) is 30.1 Å². The number of nitrogens with zero attached hydrogens (tertiary/aromatic N) is 2. The van der Waals surface area contributed by atoms with E-state index < -0.39 is 5.60 Å². The van der Waals surface area contributed by atoms with Gasteiger partial charge in [0.15, 0.2) is 0 Å². The highest BCUT2D eigenvalue weighted by Crippen LogP contribution is 2.52. The Morgan fingerprint density at radius 1 is 1.31 bits per heavy atom. The molecule has 1 N–H and O–H groups in total. The lowest BCUT2D eigenvalue weighted by Gasteiger charge is -2.53. The Morgan fingerprint density at radius 2 is 2.06 bits per heavy atom. The minimum atomic E-state index is -0.792. The summed E-state index contributed by atoms with van der Waals surface area (Å²) in [4.78, 5) is 18.6. The van der Waals surface area contributed by atoms with Crippen molar-refractivity contribution in [1.82, 2.24) is 9.88 Å². The van der Waals surface area contributed by atoms with Crippen molar-refractivity contribution in [2.45, 2.75) is 76.9 Å². The van der Waals surface area contributed by atoms with Gasteiger partial charge in [0.1, 0.15) is 6.10 Å². The van der Waals surface area contributed by atoms with Crippen LogP contribution in [-0.2, 0) is 9.53 Å². The van der Waals surface area contributed by atoms with Crippen molar-refractivity contribution < 1.29 is 14.6 Å². The summed E-state index contributed by atoms with van der Waals surface area (Å²) in [5.41, 5.74) is 3.29. The molecule has 2 fully saturated rings. The van der Waals surface area contributed by atoms with E-state index in [-0.39, 0.29) is 23.9 Å². The number of aliphatic hydroxyl groups is 1. The monoisotopic (exact) mass is 438 g/mol. The van der Waals surface area contributed by atoms with Crippen LogP contribution in [0.15, 0.2) is 30.1 Å². The van der Waals surface area contributed by atoms with Gasteiger partial charge in [-0.05, 0) is 78.5 Å². The maximum absolute atomic E-state index is 11.8. The van der Waals surface area contributed by atoms with Crippen LogP contribution in [0.5, 0.6) is 0 Å². The zero-order valence-corrected chi connectivity index (χ0v) is 20.0. The molecule has 1 aromatic rings. The summed E-state index contributed by atoms with van der Waals surface area (Å²) in [6, 6.07) is 2.23. The molecule has 2 bridgehead atoms. The van der Waals surface area contributed by atoms with Crippen molar-refractivity contribution in [2.75, 3.05) is 19.6 Å². The van der Waals surface area contributed by atoms with E-state index in [1.807, 2.05) is 6.20 Å². The first-order chi connectivity index (χ1) is 15.3. The van der Waals surface area contributed by atoms with E-state index in [1.165, 1.54) is 24.5 Å². The number of hydrogen-bond acceptors (Lipinski definition) is 5. The van der Waals surface area contributed by atoms with Gasteiger partial charge >= 0.3 is 5.97 Å². The average molecular weight is 439 g/mol. The molecule has 0 aromatic carbocycles. The molecule has 1 saturated heterocycles. The molecule has 3 aliphatic carbocycles. The molecule has 0 radical (unpaired) electrons. The normalized spacial score (nSPS) is 39.6. The number of likely N-dealkylation sites (tertiary alicyclic amines) is 1. The molecule has 1 saturated carbocycles. The van der Waals surface area contributed by atoms with Crippen molar-refractivity contribution in [3.05, 3.63) is 41.2 Å². The van der Waals surface area contributed by atoms with E-state index in [1.54, 1.807) is 0 Å². The first-order valence-electron chi connectivity index (χ1n) is 12.5. The van der Waals surface area contributed by atoms with Crippen LogP contribution >= 0.6 is 0 Å². The summed E-state index contributed by atoms with van der Waals surface area (Å²) in [5.74, 6) is 2.30. The lowest BCUT2D eigenvalue weighted by atomic mass is 9.57. The zero-order valence-electron chi connectivity index (χ0n) is 20.0. The third kappa shape index (κ3) is 3.71. The summed E-state index contributed by atoms with van der Waals surface area (Å²) in [6.07, 6.45) is 9.97. The van der Waals surface area contributed by atoms with E-state index in [2.05, 4.69) is 49.0 Å². The lowest BCUT2D eigenvalue weighted by molar-refractivity contribution is -0.159. The summed E-state index contributed by atoms with van der Waals surface area (Å²) in [5, 5.41) is 11.8. The van der Waals surface area contributed by atoms with Crippen LogP contribution in [0.4, 0.5) is 0 Å². The molecule has 174 valence electrons. The van der Waals surface area contributed by atoms with Gasteiger partial charge in [0.2, 0.25) is 0 Å². The standard InChI is InChI=1S/C27H38N2O3/c1-16-9-25-22(6-5-18(3)27(25,31)11-26(16)32-19(4)30)17(2)13-29-14-20-10-21(15-29)24-12-28-8-7-23(20)24/h7-9,12,17-18,20-22,25-26,31H,5-6,10-11,13-15H2,1-4H3/t17-,18-,20?,21?,22+,25-,26-,27-/m1/s1. The predicted molar refractivity (Wildman–Crippen MR) is 124 cm³/mol. The molecular weight excluding hydrogens is 400 g/mol. The van der Waals surface area contributed by atoms with Crippen LogP contribution in [0.2, 0.25) is 0 Å². The Balaban J connectivity index is 1.32. The van der Waals surface area contributed by atoms with Crippen LogP contribution in [0.25, 0.3) is 0 Å². The molecule has 0 amide bonds. The Bertz CT molecular complexity index is 883. The van der Waals surface area contributed by atoms with Gasteiger partial charge < -0.3 is 14.7 Å². The minimum absolute atomic E-state index is 0.135. The number of hydrogen-bond donors (Lipinski definition) is 1. The fraction of sp³-hybridized carbons (Fsp3) is 0.704. The van der Waals surface area contributed by atoms with Crippen molar-refractivity contribution in [3.63, 3.8) is 0 Å². The number of carbonyl (C=O) groups excluding carboxylic acids is 1. The molecule has 0 spiro atoms. The minimum Gasteiger partial charge on any atom is -0.458 e. The number of pyridine rings is 1. The molecule has 32 heavy (non-hydrogen) atoms. The molecular formula is C27H38N2O3. The fourth-order valence-corrected chi connectivity index (χ4v) is 7.46. The van der Waals surface area contributed by atoms with E-state index in [9.17, 15) is 9.90 Å². The number of fused-ring (bicyclic) bond motifs is 6. The molecule has 1 aromatic heterocycles. The van der Waals surface area contributed by atoms with Crippen molar-refractivity contribution in [1.29, 1.82) is 0 Å². The van der Waals surface area contributed by atoms with E-state index in [4.69, 9.17) is 4.74 Å². The largest absolute Gasteiger partial charge is 0.458 e. The van der Waals surface area contributed by atoms with Crippen LogP contribution in [0.1, 0.15) is 76.3 Å². The smallest absolute Gasteiger partial charge is 0.303 e. The van der Waals surface area contributed by atoms with E-state index in [0.717, 1.165) is 38.0 Å². The number of piperidine rings is 1. The average Bonchev–Trinajstić information content (AvgIpc) is 3.00. The number of rotatable bonds is 4. The maximum atomic E-state index is 11.8. The van der Waals surface area contributed by atoms with Crippen molar-refractivity contribution >= 4 is 5.97 Å². The van der Waals surface area contributed by atoms with Gasteiger partial charge in [0.05, 0.1) is 5.60 Å². The molecule has 2 unspecified atom stereocenters. The molecule has 5 rings (SSSR count). The number of esters is 1. The number of aromatic nitrogens is 1. The van der Waals surface area contributed by atoms with Crippen LogP contribution in [-0.4, -0.2) is 52.3 Å². The second-order valence-electron chi connectivity index (χ2n) is 11.2. The van der Waals surface area contributed by atoms with Gasteiger partial charge in [-0.1, -0.05) is 19.9 Å². The molecule has 5 nitrogen and oxygen atoms in total. The van der Waals surface area contributed by atoms with Gasteiger partial charge in [-0.3, -0.25) is 9.78 Å². The predicted octanol–water partition coefficient (Wildman–Crippen LogP) is 4.28. The first-order valence-corrected chi connectivity index (χ1v) is 12.5. The second-order valence-corrected chi connectivity index (χ2v) is 11.2. The van der Waals surface area contributed by atoms with Gasteiger partial charge in [0.25, 0.3) is 0 Å². The van der Waals surface area contributed by atoms with Crippen LogP contribution in [0, 0.1) is 23.7 Å². The molecule has 4 aliphatic rings. The van der Waals surface area contributed by atoms with Gasteiger partial charge in [-0.2, -0.15) is 0 Å². The Labute approximate surface area is 192 Å². The molecule has 8 atom stereocenters. The van der Waals surface area contributed by atoms with Crippen molar-refractivity contribution in [3.8, 4) is 0 Å². The Kier molecular flexibility index (Phi) is 5.69. The summed E-state index contributed by atoms with van der Waals surface area (Å²) >= 11 is 0. The molecule has 2 heterocycles. The van der Waals surface area contributed by atoms with Gasteiger partial charge in [-0.25, -0.2) is 0 Å². The SMILES string of the molecule is CC(=O)O[C@@H]1C[C@@]2(O)[C@H](C)CC[C@@H]([C@H](C)CN3CC4CC(C3)c3cnccc34)[C@H]2C=C1C.